The highest BCUT2D eigenvalue weighted by Gasteiger charge is 2.45. The molecule has 1 aliphatic carbocycles. The molecule has 18 heavy (non-hydrogen) atoms. The molecule has 0 aromatic heterocycles. The molecular weight excluding hydrogens is 337 g/mol. The van der Waals surface area contributed by atoms with Crippen molar-refractivity contribution in [1.82, 2.24) is 4.90 Å². The Morgan fingerprint density at radius 1 is 1.33 bits per heavy atom. The second-order valence-corrected chi connectivity index (χ2v) is 6.36. The van der Waals surface area contributed by atoms with E-state index in [-0.39, 0.29) is 24.0 Å². The molecule has 1 heterocycles. The maximum atomic E-state index is 6.10. The molecule has 0 aromatic carbocycles. The Morgan fingerprint density at radius 3 is 2.33 bits per heavy atom. The van der Waals surface area contributed by atoms with Crippen molar-refractivity contribution < 1.29 is 0 Å². The van der Waals surface area contributed by atoms with Gasteiger partial charge in [-0.15, -0.1) is 24.0 Å². The third-order valence-electron chi connectivity index (χ3n) is 4.78. The number of hydrogen-bond acceptors (Lipinski definition) is 1. The number of piperidine rings is 1. The van der Waals surface area contributed by atoms with Crippen molar-refractivity contribution in [3.63, 3.8) is 0 Å². The average Bonchev–Trinajstić information content (AvgIpc) is 3.08. The standard InChI is InChI=1S/C14H27N3.HI/c1-11(2)14(6-7-14)10-16-13(15)17-8-4-12(3)5-9-17;/h11-12H,4-10H2,1-3H3,(H2,15,16);1H. The fraction of sp³-hybridized carbons (Fsp3) is 0.929. The van der Waals surface area contributed by atoms with Crippen LogP contribution in [0.5, 0.6) is 0 Å². The van der Waals surface area contributed by atoms with Gasteiger partial charge in [0.1, 0.15) is 0 Å². The summed E-state index contributed by atoms with van der Waals surface area (Å²) >= 11 is 0. The minimum Gasteiger partial charge on any atom is -0.370 e. The minimum atomic E-state index is 0. The summed E-state index contributed by atoms with van der Waals surface area (Å²) in [5.74, 6) is 2.37. The summed E-state index contributed by atoms with van der Waals surface area (Å²) in [6.45, 7) is 10.0. The molecular formula is C14H28IN3. The first-order valence-electron chi connectivity index (χ1n) is 7.08. The molecule has 0 atom stereocenters. The number of nitrogens with zero attached hydrogens (tertiary/aromatic N) is 2. The zero-order valence-corrected chi connectivity index (χ0v) is 14.3. The van der Waals surface area contributed by atoms with Gasteiger partial charge in [0.15, 0.2) is 5.96 Å². The van der Waals surface area contributed by atoms with E-state index < -0.39 is 0 Å². The van der Waals surface area contributed by atoms with Gasteiger partial charge in [-0.3, -0.25) is 4.99 Å². The molecule has 2 N–H and O–H groups in total. The van der Waals surface area contributed by atoms with Crippen molar-refractivity contribution >= 4 is 29.9 Å². The van der Waals surface area contributed by atoms with Gasteiger partial charge in [0, 0.05) is 19.6 Å². The highest BCUT2D eigenvalue weighted by Crippen LogP contribution is 2.51. The van der Waals surface area contributed by atoms with Crippen LogP contribution in [-0.2, 0) is 0 Å². The van der Waals surface area contributed by atoms with Crippen molar-refractivity contribution in [1.29, 1.82) is 0 Å². The Balaban J connectivity index is 0.00000162. The number of hydrogen-bond donors (Lipinski definition) is 1. The summed E-state index contributed by atoms with van der Waals surface area (Å²) in [4.78, 5) is 6.91. The molecule has 0 bridgehead atoms. The van der Waals surface area contributed by atoms with E-state index in [4.69, 9.17) is 5.73 Å². The van der Waals surface area contributed by atoms with Crippen molar-refractivity contribution in [2.75, 3.05) is 19.6 Å². The van der Waals surface area contributed by atoms with Crippen LogP contribution in [0.25, 0.3) is 0 Å². The van der Waals surface area contributed by atoms with E-state index in [0.29, 0.717) is 5.41 Å². The smallest absolute Gasteiger partial charge is 0.191 e. The van der Waals surface area contributed by atoms with Gasteiger partial charge in [0.05, 0.1) is 0 Å². The number of likely N-dealkylation sites (tertiary alicyclic amines) is 1. The topological polar surface area (TPSA) is 41.6 Å². The van der Waals surface area contributed by atoms with Crippen molar-refractivity contribution in [3.05, 3.63) is 0 Å². The van der Waals surface area contributed by atoms with Crippen LogP contribution < -0.4 is 5.73 Å². The van der Waals surface area contributed by atoms with E-state index in [2.05, 4.69) is 30.7 Å². The maximum Gasteiger partial charge on any atom is 0.191 e. The van der Waals surface area contributed by atoms with Gasteiger partial charge in [-0.25, -0.2) is 0 Å². The lowest BCUT2D eigenvalue weighted by Crippen LogP contribution is -2.42. The first-order chi connectivity index (χ1) is 8.03. The highest BCUT2D eigenvalue weighted by molar-refractivity contribution is 14.0. The van der Waals surface area contributed by atoms with Gasteiger partial charge in [-0.1, -0.05) is 20.8 Å². The zero-order valence-electron chi connectivity index (χ0n) is 12.0. The van der Waals surface area contributed by atoms with Gasteiger partial charge >= 0.3 is 0 Å². The first kappa shape index (κ1) is 16.1. The number of rotatable bonds is 3. The van der Waals surface area contributed by atoms with Crippen LogP contribution in [0.4, 0.5) is 0 Å². The third-order valence-corrected chi connectivity index (χ3v) is 4.78. The van der Waals surface area contributed by atoms with Crippen LogP contribution in [-0.4, -0.2) is 30.5 Å². The monoisotopic (exact) mass is 365 g/mol. The minimum absolute atomic E-state index is 0. The predicted molar refractivity (Wildman–Crippen MR) is 88.4 cm³/mol. The Labute approximate surface area is 129 Å². The second kappa shape index (κ2) is 6.44. The van der Waals surface area contributed by atoms with Crippen LogP contribution in [0.2, 0.25) is 0 Å². The molecule has 106 valence electrons. The molecule has 2 fully saturated rings. The fourth-order valence-corrected chi connectivity index (χ4v) is 2.65. The van der Waals surface area contributed by atoms with Crippen LogP contribution in [0.3, 0.4) is 0 Å². The molecule has 0 unspecified atom stereocenters. The van der Waals surface area contributed by atoms with E-state index in [1.54, 1.807) is 0 Å². The van der Waals surface area contributed by atoms with Gasteiger partial charge in [0.25, 0.3) is 0 Å². The molecule has 1 saturated heterocycles. The van der Waals surface area contributed by atoms with E-state index in [9.17, 15) is 0 Å². The van der Waals surface area contributed by atoms with Crippen LogP contribution >= 0.6 is 24.0 Å². The molecule has 2 rings (SSSR count). The normalized spacial score (nSPS) is 24.0. The molecule has 0 aromatic rings. The number of aliphatic imine (C=N–C) groups is 1. The molecule has 0 spiro atoms. The first-order valence-corrected chi connectivity index (χ1v) is 7.08. The Morgan fingerprint density at radius 2 is 1.89 bits per heavy atom. The SMILES string of the molecule is CC1CCN(C(N)=NCC2(C(C)C)CC2)CC1.I. The summed E-state index contributed by atoms with van der Waals surface area (Å²) in [6, 6.07) is 0. The van der Waals surface area contributed by atoms with Crippen molar-refractivity contribution in [2.24, 2.45) is 28.0 Å². The second-order valence-electron chi connectivity index (χ2n) is 6.36. The van der Waals surface area contributed by atoms with Gasteiger partial charge in [-0.05, 0) is 42.9 Å². The number of nitrogens with two attached hydrogens (primary N) is 1. The lowest BCUT2D eigenvalue weighted by Gasteiger charge is -2.31. The van der Waals surface area contributed by atoms with Crippen molar-refractivity contribution in [3.8, 4) is 0 Å². The number of halogens is 1. The van der Waals surface area contributed by atoms with Gasteiger partial charge in [0.2, 0.25) is 0 Å². The van der Waals surface area contributed by atoms with Gasteiger partial charge < -0.3 is 10.6 Å². The molecule has 4 heteroatoms. The lowest BCUT2D eigenvalue weighted by atomic mass is 9.93. The van der Waals surface area contributed by atoms with Crippen LogP contribution in [0.1, 0.15) is 46.5 Å². The molecule has 3 nitrogen and oxygen atoms in total. The van der Waals surface area contributed by atoms with E-state index >= 15 is 0 Å². The number of guanidine groups is 1. The molecule has 1 aliphatic heterocycles. The summed E-state index contributed by atoms with van der Waals surface area (Å²) in [5.41, 5.74) is 6.58. The quantitative estimate of drug-likeness (QED) is 0.475. The maximum absolute atomic E-state index is 6.10. The lowest BCUT2D eigenvalue weighted by molar-refractivity contribution is 0.276. The molecule has 0 radical (unpaired) electrons. The third kappa shape index (κ3) is 3.75. The summed E-state index contributed by atoms with van der Waals surface area (Å²) < 4.78 is 0. The van der Waals surface area contributed by atoms with Crippen molar-refractivity contribution in [2.45, 2.75) is 46.5 Å². The van der Waals surface area contributed by atoms with E-state index in [1.165, 1.54) is 25.7 Å². The van der Waals surface area contributed by atoms with E-state index in [0.717, 1.165) is 37.4 Å². The van der Waals surface area contributed by atoms with E-state index in [1.807, 2.05) is 0 Å². The van der Waals surface area contributed by atoms with Crippen LogP contribution in [0.15, 0.2) is 4.99 Å². The Kier molecular flexibility index (Phi) is 5.74. The Hall–Kier alpha value is 0. The predicted octanol–water partition coefficient (Wildman–Crippen LogP) is 3.09. The summed E-state index contributed by atoms with van der Waals surface area (Å²) in [6.07, 6.45) is 5.17. The zero-order chi connectivity index (χ0) is 12.5. The molecule has 2 aliphatic rings. The Bertz CT molecular complexity index is 289. The van der Waals surface area contributed by atoms with Crippen LogP contribution in [0, 0.1) is 17.3 Å². The molecule has 1 saturated carbocycles. The molecule has 0 amide bonds. The fourth-order valence-electron chi connectivity index (χ4n) is 2.65. The average molecular weight is 365 g/mol. The van der Waals surface area contributed by atoms with Gasteiger partial charge in [-0.2, -0.15) is 0 Å². The summed E-state index contributed by atoms with van der Waals surface area (Å²) in [5, 5.41) is 0. The highest BCUT2D eigenvalue weighted by atomic mass is 127. The largest absolute Gasteiger partial charge is 0.370 e. The summed E-state index contributed by atoms with van der Waals surface area (Å²) in [7, 11) is 0.